The fraction of sp³-hybridized carbons (Fsp3) is 0.167. The van der Waals surface area contributed by atoms with E-state index in [1.54, 1.807) is 23.0 Å². The van der Waals surface area contributed by atoms with Gasteiger partial charge in [-0.25, -0.2) is 14.4 Å². The first-order chi connectivity index (χ1) is 12.0. The molecule has 3 heterocycles. The number of H-pyrrole nitrogens is 1. The highest BCUT2D eigenvalue weighted by molar-refractivity contribution is 7.19. The number of hydrogen-bond donors (Lipinski definition) is 1. The second-order valence-corrected chi connectivity index (χ2v) is 7.17. The van der Waals surface area contributed by atoms with E-state index in [9.17, 15) is 9.18 Å². The van der Waals surface area contributed by atoms with Crippen molar-refractivity contribution in [3.8, 4) is 22.8 Å². The maximum atomic E-state index is 13.5. The van der Waals surface area contributed by atoms with Crippen LogP contribution in [-0.2, 0) is 7.05 Å². The van der Waals surface area contributed by atoms with Crippen molar-refractivity contribution < 1.29 is 4.39 Å². The Bertz CT molecular complexity index is 1170. The quantitative estimate of drug-likeness (QED) is 0.595. The van der Waals surface area contributed by atoms with Gasteiger partial charge in [-0.1, -0.05) is 6.07 Å². The van der Waals surface area contributed by atoms with Crippen molar-refractivity contribution in [2.45, 2.75) is 13.8 Å². The van der Waals surface area contributed by atoms with Gasteiger partial charge >= 0.3 is 0 Å². The molecule has 0 bridgehead atoms. The molecule has 4 aromatic rings. The molecule has 5 nitrogen and oxygen atoms in total. The highest BCUT2D eigenvalue weighted by Gasteiger charge is 2.19. The summed E-state index contributed by atoms with van der Waals surface area (Å²) in [5.74, 6) is 0.728. The highest BCUT2D eigenvalue weighted by atomic mass is 32.1. The second-order valence-electron chi connectivity index (χ2n) is 5.95. The van der Waals surface area contributed by atoms with E-state index >= 15 is 0 Å². The molecular weight excluding hydrogens is 339 g/mol. The Morgan fingerprint density at radius 3 is 2.76 bits per heavy atom. The van der Waals surface area contributed by atoms with Crippen LogP contribution in [-0.4, -0.2) is 19.5 Å². The normalized spacial score (nSPS) is 11.4. The summed E-state index contributed by atoms with van der Waals surface area (Å²) in [6.45, 7) is 3.80. The third kappa shape index (κ3) is 2.47. The minimum absolute atomic E-state index is 0.192. The number of hydrogen-bond acceptors (Lipinski definition) is 4. The van der Waals surface area contributed by atoms with Gasteiger partial charge in [0.25, 0.3) is 5.56 Å². The molecule has 0 aliphatic carbocycles. The topological polar surface area (TPSA) is 63.6 Å². The lowest BCUT2D eigenvalue weighted by atomic mass is 10.00. The van der Waals surface area contributed by atoms with Gasteiger partial charge in [0.1, 0.15) is 10.5 Å². The number of aryl methyl sites for hydroxylation is 3. The molecule has 0 spiro atoms. The van der Waals surface area contributed by atoms with Crippen LogP contribution in [0.4, 0.5) is 4.39 Å². The summed E-state index contributed by atoms with van der Waals surface area (Å²) >= 11 is 1.40. The van der Waals surface area contributed by atoms with Crippen molar-refractivity contribution >= 4 is 21.6 Å². The average Bonchev–Trinajstić information content (AvgIpc) is 3.11. The van der Waals surface area contributed by atoms with Crippen LogP contribution in [0.5, 0.6) is 0 Å². The Kier molecular flexibility index (Phi) is 3.54. The number of imidazole rings is 1. The van der Waals surface area contributed by atoms with Crippen molar-refractivity contribution in [3.63, 3.8) is 0 Å². The first kappa shape index (κ1) is 15.7. The number of halogens is 1. The van der Waals surface area contributed by atoms with Gasteiger partial charge in [0.05, 0.1) is 5.52 Å². The molecule has 4 rings (SSSR count). The lowest BCUT2D eigenvalue weighted by Gasteiger charge is -2.07. The molecule has 126 valence electrons. The molecule has 0 saturated carbocycles. The molecule has 3 aromatic heterocycles. The van der Waals surface area contributed by atoms with Crippen molar-refractivity contribution in [1.82, 2.24) is 19.5 Å². The van der Waals surface area contributed by atoms with Gasteiger partial charge in [0.15, 0.2) is 11.6 Å². The summed E-state index contributed by atoms with van der Waals surface area (Å²) in [7, 11) is 1.84. The molecule has 7 heteroatoms. The van der Waals surface area contributed by atoms with Crippen LogP contribution in [0.25, 0.3) is 33.0 Å². The predicted molar refractivity (Wildman–Crippen MR) is 97.3 cm³/mol. The van der Waals surface area contributed by atoms with E-state index < -0.39 is 0 Å². The van der Waals surface area contributed by atoms with Crippen LogP contribution in [0, 0.1) is 19.7 Å². The van der Waals surface area contributed by atoms with E-state index in [2.05, 4.69) is 15.0 Å². The van der Waals surface area contributed by atoms with Crippen LogP contribution in [0.3, 0.4) is 0 Å². The second kappa shape index (κ2) is 5.63. The third-order valence-corrected chi connectivity index (χ3v) is 5.30. The summed E-state index contributed by atoms with van der Waals surface area (Å²) in [4.78, 5) is 25.3. The molecule has 0 saturated heterocycles. The van der Waals surface area contributed by atoms with Crippen LogP contribution in [0.2, 0.25) is 0 Å². The Hall–Kier alpha value is -2.80. The minimum atomic E-state index is -0.280. The number of rotatable bonds is 2. The molecular formula is C18H15FN4OS. The Labute approximate surface area is 146 Å². The number of aromatic amines is 1. The zero-order valence-corrected chi connectivity index (χ0v) is 14.7. The average molecular weight is 354 g/mol. The number of nitrogens with zero attached hydrogens (tertiary/aromatic N) is 3. The Morgan fingerprint density at radius 2 is 2.08 bits per heavy atom. The summed E-state index contributed by atoms with van der Waals surface area (Å²) in [5.41, 5.74) is 3.00. The molecule has 1 aromatic carbocycles. The van der Waals surface area contributed by atoms with E-state index in [-0.39, 0.29) is 11.4 Å². The minimum Gasteiger partial charge on any atom is -0.331 e. The van der Waals surface area contributed by atoms with E-state index in [0.29, 0.717) is 21.9 Å². The van der Waals surface area contributed by atoms with E-state index in [1.165, 1.54) is 23.5 Å². The smallest absolute Gasteiger partial charge is 0.269 e. The molecule has 0 fully saturated rings. The predicted octanol–water partition coefficient (Wildman–Crippen LogP) is 3.81. The van der Waals surface area contributed by atoms with Gasteiger partial charge in [0.2, 0.25) is 0 Å². The summed E-state index contributed by atoms with van der Waals surface area (Å²) in [6, 6.07) is 4.66. The molecule has 25 heavy (non-hydrogen) atoms. The molecule has 0 unspecified atom stereocenters. The molecule has 0 atom stereocenters. The SMILES string of the molecule is Cc1cc(F)ccc1-c1c(C)sc2c(=O)[nH]c(-c3nccn3C)nc12. The van der Waals surface area contributed by atoms with E-state index in [0.717, 1.165) is 21.6 Å². The number of thiophene rings is 1. The summed E-state index contributed by atoms with van der Waals surface area (Å²) < 4.78 is 15.8. The van der Waals surface area contributed by atoms with Crippen LogP contribution in [0.1, 0.15) is 10.4 Å². The van der Waals surface area contributed by atoms with E-state index in [4.69, 9.17) is 0 Å². The zero-order valence-electron chi connectivity index (χ0n) is 13.9. The Morgan fingerprint density at radius 1 is 1.28 bits per heavy atom. The lowest BCUT2D eigenvalue weighted by molar-refractivity contribution is 0.627. The van der Waals surface area contributed by atoms with Gasteiger partial charge < -0.3 is 9.55 Å². The van der Waals surface area contributed by atoms with Gasteiger partial charge in [-0.05, 0) is 37.1 Å². The first-order valence-electron chi connectivity index (χ1n) is 7.73. The summed E-state index contributed by atoms with van der Waals surface area (Å²) in [5, 5.41) is 0. The Balaban J connectivity index is 2.05. The molecule has 0 amide bonds. The molecule has 0 aliphatic heterocycles. The van der Waals surface area contributed by atoms with Gasteiger partial charge in [-0.2, -0.15) is 0 Å². The standard InChI is InChI=1S/C18H15FN4OS/c1-9-8-11(19)4-5-12(9)13-10(2)25-15-14(13)21-16(22-18(15)24)17-20-6-7-23(17)3/h4-8H,1-3H3,(H,21,22,24). The summed E-state index contributed by atoms with van der Waals surface area (Å²) in [6.07, 6.45) is 3.45. The number of benzene rings is 1. The van der Waals surface area contributed by atoms with Crippen molar-refractivity contribution in [2.75, 3.05) is 0 Å². The van der Waals surface area contributed by atoms with Crippen LogP contribution >= 0.6 is 11.3 Å². The first-order valence-corrected chi connectivity index (χ1v) is 8.55. The van der Waals surface area contributed by atoms with Crippen molar-refractivity contribution in [1.29, 1.82) is 0 Å². The fourth-order valence-electron chi connectivity index (χ4n) is 3.02. The van der Waals surface area contributed by atoms with Crippen molar-refractivity contribution in [2.24, 2.45) is 7.05 Å². The van der Waals surface area contributed by atoms with Gasteiger partial charge in [-0.15, -0.1) is 11.3 Å². The molecule has 1 N–H and O–H groups in total. The van der Waals surface area contributed by atoms with Crippen molar-refractivity contribution in [3.05, 3.63) is 57.2 Å². The maximum absolute atomic E-state index is 13.5. The van der Waals surface area contributed by atoms with Gasteiger partial charge in [-0.3, -0.25) is 4.79 Å². The molecule has 0 radical (unpaired) electrons. The maximum Gasteiger partial charge on any atom is 0.269 e. The third-order valence-electron chi connectivity index (χ3n) is 4.21. The number of fused-ring (bicyclic) bond motifs is 1. The lowest BCUT2D eigenvalue weighted by Crippen LogP contribution is -2.09. The fourth-order valence-corrected chi connectivity index (χ4v) is 4.02. The molecule has 0 aliphatic rings. The number of aromatic nitrogens is 4. The zero-order chi connectivity index (χ0) is 17.7. The van der Waals surface area contributed by atoms with Crippen LogP contribution in [0.15, 0.2) is 35.4 Å². The van der Waals surface area contributed by atoms with Gasteiger partial charge in [0, 0.05) is 29.9 Å². The monoisotopic (exact) mass is 354 g/mol. The highest BCUT2D eigenvalue weighted by Crippen LogP contribution is 2.37. The largest absolute Gasteiger partial charge is 0.331 e. The van der Waals surface area contributed by atoms with Crippen LogP contribution < -0.4 is 5.56 Å². The number of nitrogens with one attached hydrogen (secondary N) is 1. The van der Waals surface area contributed by atoms with E-state index in [1.807, 2.05) is 20.9 Å².